The molecule has 4 nitrogen and oxygen atoms in total. The fraction of sp³-hybridized carbons (Fsp3) is 0.435. The summed E-state index contributed by atoms with van der Waals surface area (Å²) in [5.41, 5.74) is 3.41. The smallest absolute Gasteiger partial charge is 0.255 e. The van der Waals surface area contributed by atoms with Gasteiger partial charge in [0.25, 0.3) is 5.56 Å². The number of nitrogens with one attached hydrogen (secondary N) is 1. The van der Waals surface area contributed by atoms with Gasteiger partial charge in [0.15, 0.2) is 0 Å². The molecule has 27 heavy (non-hydrogen) atoms. The highest BCUT2D eigenvalue weighted by molar-refractivity contribution is 5.79. The van der Waals surface area contributed by atoms with Gasteiger partial charge in [-0.15, -0.1) is 0 Å². The van der Waals surface area contributed by atoms with E-state index in [9.17, 15) is 4.79 Å². The average molecular weight is 364 g/mol. The zero-order chi connectivity index (χ0) is 18.9. The minimum absolute atomic E-state index is 0.0512. The molecule has 1 aromatic heterocycles. The highest BCUT2D eigenvalue weighted by atomic mass is 16.1. The van der Waals surface area contributed by atoms with Crippen molar-refractivity contribution in [3.8, 4) is 0 Å². The third-order valence-corrected chi connectivity index (χ3v) is 5.94. The van der Waals surface area contributed by atoms with E-state index in [2.05, 4.69) is 41.4 Å². The van der Waals surface area contributed by atoms with Crippen molar-refractivity contribution in [3.05, 3.63) is 70.1 Å². The predicted molar refractivity (Wildman–Crippen MR) is 112 cm³/mol. The molecule has 1 atom stereocenters. The number of hydrogen-bond donors (Lipinski definition) is 1. The number of fused-ring (bicyclic) bond motifs is 1. The summed E-state index contributed by atoms with van der Waals surface area (Å²) in [6.07, 6.45) is 10.4. The number of allylic oxidation sites excluding steroid dienone is 2. The van der Waals surface area contributed by atoms with Gasteiger partial charge in [0.2, 0.25) is 0 Å². The van der Waals surface area contributed by atoms with Crippen LogP contribution in [0.25, 0.3) is 10.9 Å². The van der Waals surface area contributed by atoms with Crippen molar-refractivity contribution < 1.29 is 0 Å². The number of para-hydroxylation sites is 1. The fourth-order valence-electron chi connectivity index (χ4n) is 4.30. The van der Waals surface area contributed by atoms with Crippen LogP contribution in [0.15, 0.2) is 58.9 Å². The molecule has 0 amide bonds. The zero-order valence-corrected chi connectivity index (χ0v) is 16.4. The Kier molecular flexibility index (Phi) is 5.02. The molecular formula is C23H29N3O. The molecule has 2 heterocycles. The van der Waals surface area contributed by atoms with Crippen LogP contribution in [-0.2, 0) is 13.6 Å². The highest BCUT2D eigenvalue weighted by Crippen LogP contribution is 2.23. The molecule has 4 heteroatoms. The molecule has 0 saturated carbocycles. The van der Waals surface area contributed by atoms with E-state index in [1.807, 2.05) is 31.3 Å². The maximum Gasteiger partial charge on any atom is 0.255 e. The fourth-order valence-corrected chi connectivity index (χ4v) is 4.30. The van der Waals surface area contributed by atoms with Crippen LogP contribution in [0.2, 0.25) is 0 Å². The van der Waals surface area contributed by atoms with E-state index in [0.29, 0.717) is 6.54 Å². The van der Waals surface area contributed by atoms with Gasteiger partial charge in [0.1, 0.15) is 0 Å². The Balaban J connectivity index is 1.43. The third-order valence-electron chi connectivity index (χ3n) is 5.94. The molecule has 2 aliphatic rings. The summed E-state index contributed by atoms with van der Waals surface area (Å²) in [6, 6.07) is 10.1. The molecule has 1 aromatic carbocycles. The first-order valence-corrected chi connectivity index (χ1v) is 9.95. The van der Waals surface area contributed by atoms with Crippen molar-refractivity contribution in [2.24, 2.45) is 7.05 Å². The minimum atomic E-state index is 0.0512. The second-order valence-corrected chi connectivity index (χ2v) is 8.23. The summed E-state index contributed by atoms with van der Waals surface area (Å²) in [7, 11) is 1.86. The second kappa shape index (κ2) is 7.45. The molecule has 1 N–H and O–H groups in total. The number of aromatic nitrogens is 1. The summed E-state index contributed by atoms with van der Waals surface area (Å²) >= 11 is 0. The van der Waals surface area contributed by atoms with Gasteiger partial charge in [-0.05, 0) is 49.3 Å². The minimum Gasteiger partial charge on any atom is -0.311 e. The van der Waals surface area contributed by atoms with Crippen molar-refractivity contribution in [2.45, 2.75) is 38.3 Å². The van der Waals surface area contributed by atoms with Crippen LogP contribution in [-0.4, -0.2) is 34.6 Å². The van der Waals surface area contributed by atoms with Crippen molar-refractivity contribution in [2.75, 3.05) is 19.6 Å². The van der Waals surface area contributed by atoms with Crippen LogP contribution < -0.4 is 10.9 Å². The molecule has 1 aliphatic carbocycles. The first-order chi connectivity index (χ1) is 13.0. The number of aryl methyl sites for hydroxylation is 1. The number of likely N-dealkylation sites (tertiary alicyclic amines) is 1. The van der Waals surface area contributed by atoms with Crippen molar-refractivity contribution >= 4 is 10.9 Å². The lowest BCUT2D eigenvalue weighted by molar-refractivity contribution is 0.309. The topological polar surface area (TPSA) is 37.3 Å². The van der Waals surface area contributed by atoms with E-state index in [0.717, 1.165) is 42.5 Å². The SMILES string of the molecule is Cn1c(=O)c(CNC2(C)CCN(CC3=CCCC=C3)C2)cc2ccccc21. The monoisotopic (exact) mass is 363 g/mol. The highest BCUT2D eigenvalue weighted by Gasteiger charge is 2.33. The zero-order valence-electron chi connectivity index (χ0n) is 16.4. The second-order valence-electron chi connectivity index (χ2n) is 8.23. The van der Waals surface area contributed by atoms with Gasteiger partial charge in [-0.1, -0.05) is 36.4 Å². The van der Waals surface area contributed by atoms with Gasteiger partial charge in [-0.25, -0.2) is 0 Å². The molecule has 1 aliphatic heterocycles. The lowest BCUT2D eigenvalue weighted by Gasteiger charge is -2.27. The summed E-state index contributed by atoms with van der Waals surface area (Å²) < 4.78 is 1.76. The predicted octanol–water partition coefficient (Wildman–Crippen LogP) is 3.37. The molecule has 4 rings (SSSR count). The molecule has 0 bridgehead atoms. The Bertz CT molecular complexity index is 956. The number of pyridine rings is 1. The van der Waals surface area contributed by atoms with Crippen molar-refractivity contribution in [1.29, 1.82) is 0 Å². The van der Waals surface area contributed by atoms with Crippen LogP contribution in [0.4, 0.5) is 0 Å². The maximum absolute atomic E-state index is 12.7. The van der Waals surface area contributed by atoms with E-state index in [1.165, 1.54) is 18.4 Å². The van der Waals surface area contributed by atoms with E-state index < -0.39 is 0 Å². The van der Waals surface area contributed by atoms with Gasteiger partial charge in [-0.2, -0.15) is 0 Å². The van der Waals surface area contributed by atoms with Crippen LogP contribution >= 0.6 is 0 Å². The quantitative estimate of drug-likeness (QED) is 0.885. The molecule has 142 valence electrons. The summed E-state index contributed by atoms with van der Waals surface area (Å²) in [6.45, 7) is 6.05. The van der Waals surface area contributed by atoms with E-state index >= 15 is 0 Å². The Morgan fingerprint density at radius 2 is 2.07 bits per heavy atom. The molecule has 0 radical (unpaired) electrons. The Morgan fingerprint density at radius 3 is 2.89 bits per heavy atom. The van der Waals surface area contributed by atoms with Gasteiger partial charge in [0.05, 0.1) is 5.52 Å². The van der Waals surface area contributed by atoms with Gasteiger partial charge >= 0.3 is 0 Å². The number of hydrogen-bond acceptors (Lipinski definition) is 3. The molecular weight excluding hydrogens is 334 g/mol. The largest absolute Gasteiger partial charge is 0.311 e. The van der Waals surface area contributed by atoms with Gasteiger partial charge in [-0.3, -0.25) is 9.69 Å². The van der Waals surface area contributed by atoms with Crippen LogP contribution in [0.3, 0.4) is 0 Å². The number of nitrogens with zero attached hydrogens (tertiary/aromatic N) is 2. The van der Waals surface area contributed by atoms with Crippen molar-refractivity contribution in [3.63, 3.8) is 0 Å². The molecule has 0 spiro atoms. The maximum atomic E-state index is 12.7. The molecule has 1 unspecified atom stereocenters. The van der Waals surface area contributed by atoms with Crippen molar-refractivity contribution in [1.82, 2.24) is 14.8 Å². The first kappa shape index (κ1) is 18.2. The van der Waals surface area contributed by atoms with Crippen LogP contribution in [0, 0.1) is 0 Å². The molecule has 2 aromatic rings. The third kappa shape index (κ3) is 3.92. The van der Waals surface area contributed by atoms with E-state index in [1.54, 1.807) is 4.57 Å². The molecule has 1 saturated heterocycles. The van der Waals surface area contributed by atoms with Gasteiger partial charge < -0.3 is 9.88 Å². The summed E-state index contributed by atoms with van der Waals surface area (Å²) in [4.78, 5) is 15.2. The van der Waals surface area contributed by atoms with Gasteiger partial charge in [0, 0.05) is 44.3 Å². The lowest BCUT2D eigenvalue weighted by Crippen LogP contribution is -2.45. The Labute approximate surface area is 161 Å². The lowest BCUT2D eigenvalue weighted by atomic mass is 10.0. The van der Waals surface area contributed by atoms with Crippen LogP contribution in [0.5, 0.6) is 0 Å². The normalized spacial score (nSPS) is 23.1. The standard InChI is InChI=1S/C23H29N3O/c1-23(12-13-26(17-23)16-18-8-4-3-5-9-18)24-15-20-14-19-10-6-7-11-21(19)25(2)22(20)27/h4,6-11,14,24H,3,5,12-13,15-17H2,1-2H3. The summed E-state index contributed by atoms with van der Waals surface area (Å²) in [5, 5.41) is 4.80. The van der Waals surface area contributed by atoms with E-state index in [-0.39, 0.29) is 11.1 Å². The Morgan fingerprint density at radius 1 is 1.22 bits per heavy atom. The van der Waals surface area contributed by atoms with E-state index in [4.69, 9.17) is 0 Å². The average Bonchev–Trinajstić information content (AvgIpc) is 3.05. The summed E-state index contributed by atoms with van der Waals surface area (Å²) in [5.74, 6) is 0. The van der Waals surface area contributed by atoms with Crippen LogP contribution in [0.1, 0.15) is 31.7 Å². The molecule has 1 fully saturated rings. The first-order valence-electron chi connectivity index (χ1n) is 9.95. The number of benzene rings is 1. The number of rotatable bonds is 5. The Hall–Kier alpha value is -2.17.